The van der Waals surface area contributed by atoms with Crippen LogP contribution in [0.3, 0.4) is 0 Å². The van der Waals surface area contributed by atoms with E-state index in [2.05, 4.69) is 85.7 Å². The highest BCUT2D eigenvalue weighted by Crippen LogP contribution is 2.45. The number of nitriles is 2. The fourth-order valence-electron chi connectivity index (χ4n) is 8.45. The van der Waals surface area contributed by atoms with E-state index in [1.54, 1.807) is 42.7 Å². The molecule has 0 unspecified atom stereocenters. The van der Waals surface area contributed by atoms with Gasteiger partial charge in [0.25, 0.3) is 11.4 Å². The predicted octanol–water partition coefficient (Wildman–Crippen LogP) is 20.3. The number of nitrogens with two attached hydrogens (primary N) is 1. The van der Waals surface area contributed by atoms with Gasteiger partial charge in [0.1, 0.15) is 63.3 Å². The summed E-state index contributed by atoms with van der Waals surface area (Å²) in [5.74, 6) is 3.15. The number of nitrogens with zero attached hydrogens (tertiary/aromatic N) is 4. The number of phenolic OH excluding ortho intramolecular Hbond substituents is 1. The predicted molar refractivity (Wildman–Crippen MR) is 367 cm³/mol. The maximum Gasteiger partial charge on any atom is 0.289 e. The molecule has 0 fully saturated rings. The van der Waals surface area contributed by atoms with Crippen molar-refractivity contribution in [3.63, 3.8) is 0 Å². The number of phenols is 1. The first kappa shape index (κ1) is 73.9. The van der Waals surface area contributed by atoms with Crippen molar-refractivity contribution in [3.8, 4) is 46.6 Å². The molecule has 0 bridgehead atoms. The molecule has 0 atom stereocenters. The summed E-state index contributed by atoms with van der Waals surface area (Å²) in [4.78, 5) is 20.3. The van der Waals surface area contributed by atoms with Crippen LogP contribution in [0.1, 0.15) is 47.2 Å². The number of hydrogen-bond acceptors (Lipinski definition) is 16. The standard InChI is InChI=1S/C12H16BrClO3.C9H5ClN2O3.C9H7ClN2O.C8H5BrClNO3.C8H6BrClO.C8H4BrClO.C6H4BrClO/c1-3-15-12(16-4-2)8-17-11-7-9(13)5-6-10(11)14;10-7-3-8(12(13)14)6(4-11)5-1-2-15-9(5)7;10-7-3-8(12)6(4-11)5-1-2-13-9(5)7;9-7-4-1-2-14-8(4)5(10)3-6(7)11(12)13;2*9-6-1-2-7(10)8-5(6)3-4-11-8;7-4-1-2-5(8)6(9)3-4/h5-7,12H,3-4,8H2,1-2H3;3H,1-2H2;3H,1-2,12H2;3H,1-2H2;1-2H,3-4H2;1-4H;1-3,9H. The number of nitro benzene ring substituents is 2. The van der Waals surface area contributed by atoms with Crippen molar-refractivity contribution in [1.82, 2.24) is 0 Å². The highest BCUT2D eigenvalue weighted by Gasteiger charge is 2.29. The third-order valence-electron chi connectivity index (χ3n) is 12.5. The number of hydrogen-bond donors (Lipinski definition) is 2. The van der Waals surface area contributed by atoms with E-state index in [0.717, 1.165) is 64.8 Å². The first-order chi connectivity index (χ1) is 42.9. The van der Waals surface area contributed by atoms with Crippen LogP contribution in [0.25, 0.3) is 11.0 Å². The number of ether oxygens (including phenoxy) is 7. The van der Waals surface area contributed by atoms with Crippen LogP contribution in [0.2, 0.25) is 35.2 Å². The SMILES string of the molecule is CCOC(COc1cc(Br)ccc1Cl)OCC.Clc1ccc(Br)c2c1OCC2.Clc1ccc(Br)c2ccoc12.N#Cc1c(N)cc(Cl)c2c1CCO2.N#Cc1c([N+](=O)[O-])cc(Cl)c2c1CCO2.O=[N+]([O-])c1cc(Cl)c2c(c1Br)CCO2.Oc1cc(Br)ccc1Cl. The van der Waals surface area contributed by atoms with Gasteiger partial charge in [0.05, 0.1) is 88.9 Å². The second kappa shape index (κ2) is 35.7. The molecule has 0 saturated carbocycles. The van der Waals surface area contributed by atoms with E-state index in [9.17, 15) is 20.2 Å². The van der Waals surface area contributed by atoms with Crippen molar-refractivity contribution in [2.45, 2.75) is 45.8 Å². The molecule has 0 amide bonds. The highest BCUT2D eigenvalue weighted by atomic mass is 79.9. The van der Waals surface area contributed by atoms with Gasteiger partial charge in [0, 0.05) is 96.6 Å². The quantitative estimate of drug-likeness (QED) is 0.0589. The molecule has 7 aromatic carbocycles. The Morgan fingerprint density at radius 3 is 1.57 bits per heavy atom. The smallest absolute Gasteiger partial charge is 0.289 e. The highest BCUT2D eigenvalue weighted by molar-refractivity contribution is 9.11. The lowest BCUT2D eigenvalue weighted by atomic mass is 10.0. The van der Waals surface area contributed by atoms with E-state index < -0.39 is 9.85 Å². The minimum Gasteiger partial charge on any atom is -0.506 e. The largest absolute Gasteiger partial charge is 0.506 e. The lowest BCUT2D eigenvalue weighted by Crippen LogP contribution is -2.25. The third kappa shape index (κ3) is 19.7. The summed E-state index contributed by atoms with van der Waals surface area (Å²) >= 11 is 57.4. The fraction of sp³-hybridized carbons (Fsp3) is 0.233. The van der Waals surface area contributed by atoms with Crippen LogP contribution in [-0.4, -0.2) is 67.5 Å². The number of halogens is 12. The molecule has 0 aliphatic carbocycles. The summed E-state index contributed by atoms with van der Waals surface area (Å²) < 4.78 is 46.9. The van der Waals surface area contributed by atoms with Crippen molar-refractivity contribution in [1.29, 1.82) is 10.5 Å². The molecule has 1 aromatic heterocycles. The Balaban J connectivity index is 0.000000168. The zero-order valence-corrected chi connectivity index (χ0v) is 60.0. The van der Waals surface area contributed by atoms with E-state index >= 15 is 0 Å². The van der Waals surface area contributed by atoms with Crippen LogP contribution < -0.4 is 29.4 Å². The Morgan fingerprint density at radius 2 is 1.04 bits per heavy atom. The van der Waals surface area contributed by atoms with E-state index in [4.69, 9.17) is 140 Å². The zero-order valence-electron chi connectivity index (χ0n) is 46.8. The molecule has 8 aromatic rings. The summed E-state index contributed by atoms with van der Waals surface area (Å²) in [6.45, 7) is 7.57. The van der Waals surface area contributed by atoms with Crippen LogP contribution in [-0.2, 0) is 35.2 Å². The number of aromatic hydroxyl groups is 1. The number of nitrogen functional groups attached to an aromatic ring is 1. The Labute approximate surface area is 593 Å². The molecule has 5 heterocycles. The zero-order chi connectivity index (χ0) is 65.9. The Bertz CT molecular complexity index is 3940. The van der Waals surface area contributed by atoms with Gasteiger partial charge in [0.15, 0.2) is 11.9 Å². The van der Waals surface area contributed by atoms with Crippen LogP contribution in [0.5, 0.6) is 34.5 Å². The second-order valence-electron chi connectivity index (χ2n) is 18.2. The minimum atomic E-state index is -0.608. The molecule has 90 heavy (non-hydrogen) atoms. The second-order valence-corrected chi connectivity index (χ2v) is 25.4. The fourth-order valence-corrected chi connectivity index (χ4v) is 12.3. The van der Waals surface area contributed by atoms with Crippen LogP contribution in [0, 0.1) is 42.9 Å². The molecule has 0 spiro atoms. The Morgan fingerprint density at radius 1 is 0.578 bits per heavy atom. The summed E-state index contributed by atoms with van der Waals surface area (Å²) in [5, 5.41) is 52.3. The van der Waals surface area contributed by atoms with Crippen molar-refractivity contribution in [2.24, 2.45) is 0 Å². The molecule has 18 nitrogen and oxygen atoms in total. The van der Waals surface area contributed by atoms with Gasteiger partial charge in [-0.05, 0) is 103 Å². The van der Waals surface area contributed by atoms with Crippen LogP contribution in [0.15, 0.2) is 118 Å². The van der Waals surface area contributed by atoms with Gasteiger partial charge < -0.3 is 48.4 Å². The molecule has 0 saturated heterocycles. The normalized spacial score (nSPS) is 12.2. The van der Waals surface area contributed by atoms with Gasteiger partial charge in [0.2, 0.25) is 0 Å². The summed E-state index contributed by atoms with van der Waals surface area (Å²) in [6, 6.07) is 27.7. The molecule has 4 aliphatic heterocycles. The molecule has 0 radical (unpaired) electrons. The monoisotopic (exact) mass is 1680 g/mol. The maximum atomic E-state index is 10.7. The van der Waals surface area contributed by atoms with E-state index in [-0.39, 0.29) is 34.0 Å². The maximum absolute atomic E-state index is 10.7. The van der Waals surface area contributed by atoms with Gasteiger partial charge in [-0.15, -0.1) is 0 Å². The summed E-state index contributed by atoms with van der Waals surface area (Å²) in [6.07, 6.45) is 4.07. The number of anilines is 1. The van der Waals surface area contributed by atoms with Gasteiger partial charge in [-0.25, -0.2) is 0 Å². The van der Waals surface area contributed by atoms with E-state index in [0.29, 0.717) is 133 Å². The molecule has 30 heteroatoms. The van der Waals surface area contributed by atoms with Crippen molar-refractivity contribution in [2.75, 3.05) is 52.0 Å². The average molecular weight is 1690 g/mol. The summed E-state index contributed by atoms with van der Waals surface area (Å²) in [5.41, 5.74) is 10.4. The average Bonchev–Trinajstić information content (AvgIpc) is 1.71. The van der Waals surface area contributed by atoms with E-state index in [1.165, 1.54) is 11.6 Å². The van der Waals surface area contributed by atoms with Crippen LogP contribution in [0.4, 0.5) is 17.1 Å². The molecule has 474 valence electrons. The molecule has 4 aliphatic rings. The van der Waals surface area contributed by atoms with E-state index in [1.807, 2.05) is 56.3 Å². The van der Waals surface area contributed by atoms with Gasteiger partial charge in [-0.3, -0.25) is 20.2 Å². The topological polar surface area (TPSA) is 258 Å². The van der Waals surface area contributed by atoms with Crippen molar-refractivity contribution < 1.29 is 52.5 Å². The van der Waals surface area contributed by atoms with Crippen molar-refractivity contribution >= 4 is 189 Å². The molecule has 3 N–H and O–H groups in total. The Kier molecular flexibility index (Phi) is 29.3. The van der Waals surface area contributed by atoms with Gasteiger partial charge in [-0.2, -0.15) is 10.5 Å². The van der Waals surface area contributed by atoms with Gasteiger partial charge in [-0.1, -0.05) is 145 Å². The number of nitro groups is 2. The lowest BCUT2D eigenvalue weighted by Gasteiger charge is -2.18. The number of fused-ring (bicyclic) bond motifs is 5. The molecular formula is C60H47Br5Cl7N5O13. The van der Waals surface area contributed by atoms with Crippen LogP contribution >= 0.6 is 161 Å². The van der Waals surface area contributed by atoms with Crippen molar-refractivity contribution in [3.05, 3.63) is 202 Å². The lowest BCUT2D eigenvalue weighted by molar-refractivity contribution is -0.385. The number of benzene rings is 7. The number of furan rings is 1. The minimum absolute atomic E-state index is 0.0146. The van der Waals surface area contributed by atoms with Gasteiger partial charge >= 0.3 is 0 Å². The molecule has 12 rings (SSSR count). The first-order valence-corrected chi connectivity index (χ1v) is 32.9. The third-order valence-corrected chi connectivity index (χ3v) is 17.9. The molecular weight excluding hydrogens is 1650 g/mol. The summed E-state index contributed by atoms with van der Waals surface area (Å²) in [7, 11) is 0. The number of rotatable bonds is 9. The first-order valence-electron chi connectivity index (χ1n) is 26.2. The Hall–Kier alpha value is -5.19.